The third kappa shape index (κ3) is 9.11. The molecule has 0 aliphatic heterocycles. The van der Waals surface area contributed by atoms with E-state index in [0.717, 1.165) is 18.8 Å². The lowest BCUT2D eigenvalue weighted by molar-refractivity contribution is 0.103. The Kier molecular flexibility index (Phi) is 11.7. The van der Waals surface area contributed by atoms with Crippen molar-refractivity contribution in [3.63, 3.8) is 0 Å². The van der Waals surface area contributed by atoms with E-state index in [4.69, 9.17) is 0 Å². The minimum absolute atomic E-state index is 0.0655. The summed E-state index contributed by atoms with van der Waals surface area (Å²) in [5, 5.41) is 0. The van der Waals surface area contributed by atoms with E-state index >= 15 is 0 Å². The second-order valence-corrected chi connectivity index (χ2v) is 12.5. The SMILES string of the molecule is C=CC(C)(/C=C/C(C)CC[C@H]1C(=C)CC[C@H](C)C1(C)C)CCC(C)/C(C)=C/CC(C)C(=C)C. The van der Waals surface area contributed by atoms with Crippen LogP contribution in [0.15, 0.2) is 60.8 Å². The molecule has 33 heavy (non-hydrogen) atoms. The molecule has 0 aromatic rings. The second-order valence-electron chi connectivity index (χ2n) is 12.5. The lowest BCUT2D eigenvalue weighted by atomic mass is 9.60. The molecule has 1 aliphatic carbocycles. The van der Waals surface area contributed by atoms with Crippen molar-refractivity contribution in [2.24, 2.45) is 40.4 Å². The molecule has 1 rings (SSSR count). The summed E-state index contributed by atoms with van der Waals surface area (Å²) in [7, 11) is 0. The van der Waals surface area contributed by atoms with Crippen molar-refractivity contribution in [3.05, 3.63) is 60.8 Å². The first-order valence-electron chi connectivity index (χ1n) is 13.6. The quantitative estimate of drug-likeness (QED) is 0.244. The van der Waals surface area contributed by atoms with Gasteiger partial charge in [-0.1, -0.05) is 103 Å². The lowest BCUT2D eigenvalue weighted by Gasteiger charge is -2.45. The van der Waals surface area contributed by atoms with E-state index in [1.54, 1.807) is 0 Å². The van der Waals surface area contributed by atoms with Gasteiger partial charge in [0.25, 0.3) is 0 Å². The zero-order valence-electron chi connectivity index (χ0n) is 23.8. The summed E-state index contributed by atoms with van der Waals surface area (Å²) in [4.78, 5) is 0. The predicted octanol–water partition coefficient (Wildman–Crippen LogP) is 10.7. The van der Waals surface area contributed by atoms with Crippen LogP contribution in [0.25, 0.3) is 0 Å². The van der Waals surface area contributed by atoms with Gasteiger partial charge in [0.1, 0.15) is 0 Å². The highest BCUT2D eigenvalue weighted by Gasteiger charge is 2.39. The number of hydrogen-bond donors (Lipinski definition) is 0. The molecule has 6 atom stereocenters. The van der Waals surface area contributed by atoms with Gasteiger partial charge in [0.05, 0.1) is 0 Å². The number of hydrogen-bond acceptors (Lipinski definition) is 0. The Bertz CT molecular complexity index is 714. The average molecular weight is 453 g/mol. The second kappa shape index (κ2) is 13.0. The monoisotopic (exact) mass is 452 g/mol. The zero-order valence-corrected chi connectivity index (χ0v) is 23.8. The van der Waals surface area contributed by atoms with E-state index in [1.807, 2.05) is 0 Å². The van der Waals surface area contributed by atoms with Crippen LogP contribution in [0, 0.1) is 40.4 Å². The van der Waals surface area contributed by atoms with Crippen molar-refractivity contribution in [3.8, 4) is 0 Å². The van der Waals surface area contributed by atoms with E-state index in [1.165, 1.54) is 48.8 Å². The Hall–Kier alpha value is -1.30. The number of allylic oxidation sites excluding steroid dienone is 7. The van der Waals surface area contributed by atoms with Gasteiger partial charge in [0.2, 0.25) is 0 Å². The van der Waals surface area contributed by atoms with E-state index in [-0.39, 0.29) is 5.41 Å². The highest BCUT2D eigenvalue weighted by molar-refractivity contribution is 5.13. The molecular formula is C33H56. The van der Waals surface area contributed by atoms with E-state index in [9.17, 15) is 0 Å². The summed E-state index contributed by atoms with van der Waals surface area (Å²) in [6.07, 6.45) is 17.9. The first-order chi connectivity index (χ1) is 15.2. The maximum atomic E-state index is 4.45. The summed E-state index contributed by atoms with van der Waals surface area (Å²) in [5.74, 6) is 3.20. The zero-order chi connectivity index (χ0) is 25.4. The Balaban J connectivity index is 2.63. The van der Waals surface area contributed by atoms with Gasteiger partial charge in [-0.3, -0.25) is 0 Å². The first kappa shape index (κ1) is 29.7. The number of rotatable bonds is 13. The molecule has 0 bridgehead atoms. The van der Waals surface area contributed by atoms with Gasteiger partial charge in [0.15, 0.2) is 0 Å². The van der Waals surface area contributed by atoms with Crippen molar-refractivity contribution < 1.29 is 0 Å². The molecule has 0 radical (unpaired) electrons. The minimum Gasteiger partial charge on any atom is -0.102 e. The molecule has 0 aromatic carbocycles. The molecule has 4 unspecified atom stereocenters. The van der Waals surface area contributed by atoms with Gasteiger partial charge in [-0.15, -0.1) is 6.58 Å². The van der Waals surface area contributed by atoms with Gasteiger partial charge in [-0.25, -0.2) is 0 Å². The summed E-state index contributed by atoms with van der Waals surface area (Å²) in [5.41, 5.74) is 4.71. The van der Waals surface area contributed by atoms with Crippen molar-refractivity contribution in [2.75, 3.05) is 0 Å². The Labute approximate surface area is 208 Å². The van der Waals surface area contributed by atoms with Crippen LogP contribution in [-0.4, -0.2) is 0 Å². The molecular weight excluding hydrogens is 396 g/mol. The predicted molar refractivity (Wildman–Crippen MR) is 151 cm³/mol. The standard InChI is InChI=1S/C33H56/c1-13-33(12,23-21-28(7)27(6)16-15-26(5)24(2)3)22-20-25(4)14-19-31-29(8)17-18-30(9)32(31,10)11/h13,16,20,22,25-26,28,30-31H,1-2,8,14-15,17-19,21,23H2,3-7,9-12H3/b22-20+,27-16+/t25?,26?,28?,30-,31-,33?/m0/s1. The molecule has 0 saturated heterocycles. The molecule has 0 aromatic heterocycles. The average Bonchev–Trinajstić information content (AvgIpc) is 2.76. The molecule has 1 fully saturated rings. The molecule has 0 heteroatoms. The highest BCUT2D eigenvalue weighted by Crippen LogP contribution is 2.49. The minimum atomic E-state index is 0.0655. The summed E-state index contributed by atoms with van der Waals surface area (Å²) in [6, 6.07) is 0. The van der Waals surface area contributed by atoms with Crippen LogP contribution < -0.4 is 0 Å². The van der Waals surface area contributed by atoms with Crippen molar-refractivity contribution in [1.82, 2.24) is 0 Å². The fraction of sp³-hybridized carbons (Fsp3) is 0.697. The molecule has 0 nitrogen and oxygen atoms in total. The third-order valence-corrected chi connectivity index (χ3v) is 9.27. The van der Waals surface area contributed by atoms with Crippen molar-refractivity contribution >= 4 is 0 Å². The summed E-state index contributed by atoms with van der Waals surface area (Å²) >= 11 is 0. The van der Waals surface area contributed by atoms with Gasteiger partial charge < -0.3 is 0 Å². The smallest absolute Gasteiger partial charge is 0.00303 e. The van der Waals surface area contributed by atoms with Crippen LogP contribution in [-0.2, 0) is 0 Å². The Morgan fingerprint density at radius 2 is 1.79 bits per heavy atom. The molecule has 1 aliphatic rings. The van der Waals surface area contributed by atoms with Gasteiger partial charge in [-0.2, -0.15) is 0 Å². The lowest BCUT2D eigenvalue weighted by Crippen LogP contribution is -2.36. The molecule has 0 amide bonds. The molecule has 0 N–H and O–H groups in total. The molecule has 1 saturated carbocycles. The normalized spacial score (nSPS) is 26.0. The fourth-order valence-electron chi connectivity index (χ4n) is 5.08. The van der Waals surface area contributed by atoms with Gasteiger partial charge >= 0.3 is 0 Å². The summed E-state index contributed by atoms with van der Waals surface area (Å²) in [6.45, 7) is 33.8. The van der Waals surface area contributed by atoms with E-state index in [2.05, 4.69) is 106 Å². The Morgan fingerprint density at radius 3 is 2.36 bits per heavy atom. The van der Waals surface area contributed by atoms with Crippen molar-refractivity contribution in [1.29, 1.82) is 0 Å². The van der Waals surface area contributed by atoms with Crippen molar-refractivity contribution in [2.45, 2.75) is 107 Å². The van der Waals surface area contributed by atoms with Gasteiger partial charge in [-0.05, 0) is 93.8 Å². The molecule has 188 valence electrons. The van der Waals surface area contributed by atoms with Crippen LogP contribution in [0.4, 0.5) is 0 Å². The highest BCUT2D eigenvalue weighted by atomic mass is 14.4. The fourth-order valence-corrected chi connectivity index (χ4v) is 5.08. The molecule has 0 spiro atoms. The van der Waals surface area contributed by atoms with Crippen LogP contribution >= 0.6 is 0 Å². The Morgan fingerprint density at radius 1 is 1.15 bits per heavy atom. The maximum absolute atomic E-state index is 4.45. The van der Waals surface area contributed by atoms with Crippen LogP contribution in [0.5, 0.6) is 0 Å². The van der Waals surface area contributed by atoms with Crippen LogP contribution in [0.3, 0.4) is 0 Å². The van der Waals surface area contributed by atoms with Crippen LogP contribution in [0.1, 0.15) is 107 Å². The largest absolute Gasteiger partial charge is 0.102 e. The summed E-state index contributed by atoms with van der Waals surface area (Å²) < 4.78 is 0. The van der Waals surface area contributed by atoms with E-state index in [0.29, 0.717) is 29.1 Å². The third-order valence-electron chi connectivity index (χ3n) is 9.27. The van der Waals surface area contributed by atoms with Crippen LogP contribution in [0.2, 0.25) is 0 Å². The molecule has 0 heterocycles. The first-order valence-corrected chi connectivity index (χ1v) is 13.6. The maximum Gasteiger partial charge on any atom is 0.00303 e. The van der Waals surface area contributed by atoms with E-state index < -0.39 is 0 Å². The van der Waals surface area contributed by atoms with Gasteiger partial charge in [0, 0.05) is 5.41 Å². The topological polar surface area (TPSA) is 0 Å².